The van der Waals surface area contributed by atoms with Crippen molar-refractivity contribution in [1.29, 1.82) is 0 Å². The number of nitrogens with one attached hydrogen (secondary N) is 1. The molecule has 5 heteroatoms. The number of aryl methyl sites for hydroxylation is 1. The van der Waals surface area contributed by atoms with Gasteiger partial charge in [0.2, 0.25) is 0 Å². The summed E-state index contributed by atoms with van der Waals surface area (Å²) >= 11 is 3.51. The maximum Gasteiger partial charge on any atom is 0.0990 e. The first-order valence-electron chi connectivity index (χ1n) is 5.45. The van der Waals surface area contributed by atoms with Gasteiger partial charge in [-0.15, -0.1) is 0 Å². The Balaban J connectivity index is 2.23. The van der Waals surface area contributed by atoms with Crippen molar-refractivity contribution in [2.75, 3.05) is 13.6 Å². The van der Waals surface area contributed by atoms with Crippen LogP contribution in [0.15, 0.2) is 28.9 Å². The van der Waals surface area contributed by atoms with Crippen LogP contribution < -0.4 is 5.43 Å². The summed E-state index contributed by atoms with van der Waals surface area (Å²) in [5.41, 5.74) is 6.66. The Bertz CT molecular complexity index is 614. The summed E-state index contributed by atoms with van der Waals surface area (Å²) in [4.78, 5) is 0. The van der Waals surface area contributed by atoms with Gasteiger partial charge in [-0.3, -0.25) is 4.68 Å². The molecule has 3 rings (SSSR count). The molecule has 88 valence electrons. The van der Waals surface area contributed by atoms with Crippen LogP contribution in [0.4, 0.5) is 0 Å². The van der Waals surface area contributed by atoms with Crippen LogP contribution in [0.1, 0.15) is 5.69 Å². The van der Waals surface area contributed by atoms with Gasteiger partial charge in [-0.25, -0.2) is 5.43 Å². The zero-order valence-corrected chi connectivity index (χ0v) is 11.3. The third-order valence-electron chi connectivity index (χ3n) is 2.98. The molecule has 0 amide bonds. The number of aromatic nitrogens is 2. The molecule has 0 atom stereocenters. The van der Waals surface area contributed by atoms with Crippen LogP contribution in [0.25, 0.3) is 16.5 Å². The molecule has 1 aromatic carbocycles. The number of rotatable bonds is 1. The molecule has 4 nitrogen and oxygen atoms in total. The monoisotopic (exact) mass is 292 g/mol. The molecule has 2 aromatic rings. The molecule has 1 aliphatic heterocycles. The van der Waals surface area contributed by atoms with Crippen LogP contribution in [0.5, 0.6) is 0 Å². The standard InChI is InChI=1S/C12H13BrN4/c1-16-7-8(6-14-16)12-10-5-9(13)3-4-11(10)17(2)15-12/h3-5,7,14H,6H2,1-2H3. The van der Waals surface area contributed by atoms with Gasteiger partial charge in [0.1, 0.15) is 0 Å². The lowest BCUT2D eigenvalue weighted by Gasteiger charge is -2.04. The average molecular weight is 293 g/mol. The molecule has 0 unspecified atom stereocenters. The van der Waals surface area contributed by atoms with E-state index in [1.165, 1.54) is 11.0 Å². The topological polar surface area (TPSA) is 33.1 Å². The first-order chi connectivity index (χ1) is 8.15. The van der Waals surface area contributed by atoms with Crippen molar-refractivity contribution >= 4 is 32.4 Å². The Morgan fingerprint density at radius 1 is 1.35 bits per heavy atom. The molecular formula is C12H13BrN4. The molecule has 2 heterocycles. The third-order valence-corrected chi connectivity index (χ3v) is 3.48. The second-order valence-electron chi connectivity index (χ2n) is 4.23. The minimum Gasteiger partial charge on any atom is -0.318 e. The van der Waals surface area contributed by atoms with Crippen molar-refractivity contribution in [2.45, 2.75) is 0 Å². The molecular weight excluding hydrogens is 280 g/mol. The lowest BCUT2D eigenvalue weighted by atomic mass is 10.1. The number of benzene rings is 1. The molecule has 0 saturated heterocycles. The van der Waals surface area contributed by atoms with E-state index in [9.17, 15) is 0 Å². The maximum atomic E-state index is 4.61. The van der Waals surface area contributed by atoms with Crippen LogP contribution in [0.3, 0.4) is 0 Å². The number of halogens is 1. The van der Waals surface area contributed by atoms with Crippen molar-refractivity contribution in [3.05, 3.63) is 34.6 Å². The Hall–Kier alpha value is -1.33. The molecule has 0 saturated carbocycles. The molecule has 0 aliphatic carbocycles. The molecule has 17 heavy (non-hydrogen) atoms. The van der Waals surface area contributed by atoms with Gasteiger partial charge >= 0.3 is 0 Å². The van der Waals surface area contributed by atoms with Crippen molar-refractivity contribution < 1.29 is 0 Å². The van der Waals surface area contributed by atoms with Gasteiger partial charge in [-0.2, -0.15) is 5.10 Å². The lowest BCUT2D eigenvalue weighted by Crippen LogP contribution is -2.23. The molecule has 1 N–H and O–H groups in total. The van der Waals surface area contributed by atoms with E-state index in [1.807, 2.05) is 29.9 Å². The fourth-order valence-corrected chi connectivity index (χ4v) is 2.52. The zero-order valence-electron chi connectivity index (χ0n) is 9.74. The number of hydrazine groups is 1. The van der Waals surface area contributed by atoms with E-state index >= 15 is 0 Å². The van der Waals surface area contributed by atoms with E-state index in [0.717, 1.165) is 22.2 Å². The van der Waals surface area contributed by atoms with Gasteiger partial charge in [0.25, 0.3) is 0 Å². The van der Waals surface area contributed by atoms with Crippen molar-refractivity contribution in [3.63, 3.8) is 0 Å². The highest BCUT2D eigenvalue weighted by atomic mass is 79.9. The minimum absolute atomic E-state index is 0.828. The average Bonchev–Trinajstić information content (AvgIpc) is 2.83. The number of fused-ring (bicyclic) bond motifs is 1. The summed E-state index contributed by atoms with van der Waals surface area (Å²) in [6.07, 6.45) is 2.09. The highest BCUT2D eigenvalue weighted by Crippen LogP contribution is 2.28. The normalized spacial score (nSPS) is 15.7. The van der Waals surface area contributed by atoms with Gasteiger partial charge in [0.15, 0.2) is 0 Å². The quantitative estimate of drug-likeness (QED) is 0.874. The molecule has 0 bridgehead atoms. The summed E-state index contributed by atoms with van der Waals surface area (Å²) in [5.74, 6) is 0. The van der Waals surface area contributed by atoms with Crippen LogP contribution in [-0.4, -0.2) is 28.4 Å². The van der Waals surface area contributed by atoms with Gasteiger partial charge in [-0.1, -0.05) is 15.9 Å². The van der Waals surface area contributed by atoms with Crippen LogP contribution >= 0.6 is 15.9 Å². The van der Waals surface area contributed by atoms with E-state index in [1.54, 1.807) is 0 Å². The number of nitrogens with zero attached hydrogens (tertiary/aromatic N) is 3. The van der Waals surface area contributed by atoms with E-state index in [2.05, 4.69) is 44.8 Å². The number of hydrogen-bond donors (Lipinski definition) is 1. The third kappa shape index (κ3) is 1.75. The van der Waals surface area contributed by atoms with Gasteiger partial charge < -0.3 is 5.01 Å². The van der Waals surface area contributed by atoms with E-state index < -0.39 is 0 Å². The second-order valence-corrected chi connectivity index (χ2v) is 5.15. The lowest BCUT2D eigenvalue weighted by molar-refractivity contribution is 0.374. The molecule has 1 aromatic heterocycles. The molecule has 0 fully saturated rings. The van der Waals surface area contributed by atoms with Crippen molar-refractivity contribution in [3.8, 4) is 0 Å². The summed E-state index contributed by atoms with van der Waals surface area (Å²) < 4.78 is 3.01. The van der Waals surface area contributed by atoms with Gasteiger partial charge in [0, 0.05) is 42.3 Å². The van der Waals surface area contributed by atoms with Crippen LogP contribution in [0.2, 0.25) is 0 Å². The Morgan fingerprint density at radius 3 is 2.88 bits per heavy atom. The largest absolute Gasteiger partial charge is 0.318 e. The molecule has 0 spiro atoms. The summed E-state index contributed by atoms with van der Waals surface area (Å²) in [6, 6.07) is 6.25. The summed E-state index contributed by atoms with van der Waals surface area (Å²) in [6.45, 7) is 0.828. The van der Waals surface area contributed by atoms with Crippen LogP contribution in [-0.2, 0) is 7.05 Å². The Labute approximate surface area is 108 Å². The van der Waals surface area contributed by atoms with Gasteiger partial charge in [-0.05, 0) is 18.2 Å². The fourth-order valence-electron chi connectivity index (χ4n) is 2.15. The van der Waals surface area contributed by atoms with Crippen molar-refractivity contribution in [1.82, 2.24) is 20.2 Å². The maximum absolute atomic E-state index is 4.61. The second kappa shape index (κ2) is 3.85. The Kier molecular flexibility index (Phi) is 2.45. The smallest absolute Gasteiger partial charge is 0.0990 e. The summed E-state index contributed by atoms with van der Waals surface area (Å²) in [5, 5.41) is 7.76. The first kappa shape index (κ1) is 10.8. The molecule has 1 aliphatic rings. The number of hydrogen-bond acceptors (Lipinski definition) is 3. The van der Waals surface area contributed by atoms with Gasteiger partial charge in [0.05, 0.1) is 11.2 Å². The predicted octanol–water partition coefficient (Wildman–Crippen LogP) is 2.13. The summed E-state index contributed by atoms with van der Waals surface area (Å²) in [7, 11) is 3.97. The zero-order chi connectivity index (χ0) is 12.0. The SMILES string of the molecule is CN1C=C(c2nn(C)c3ccc(Br)cc23)CN1. The van der Waals surface area contributed by atoms with E-state index in [-0.39, 0.29) is 0 Å². The minimum atomic E-state index is 0.828. The van der Waals surface area contributed by atoms with Crippen molar-refractivity contribution in [2.24, 2.45) is 7.05 Å². The highest BCUT2D eigenvalue weighted by Gasteiger charge is 2.17. The Morgan fingerprint density at radius 2 is 2.18 bits per heavy atom. The first-order valence-corrected chi connectivity index (χ1v) is 6.24. The van der Waals surface area contributed by atoms with Crippen LogP contribution in [0, 0.1) is 0 Å². The fraction of sp³-hybridized carbons (Fsp3) is 0.250. The van der Waals surface area contributed by atoms with E-state index in [0.29, 0.717) is 0 Å². The predicted molar refractivity (Wildman–Crippen MR) is 72.2 cm³/mol. The highest BCUT2D eigenvalue weighted by molar-refractivity contribution is 9.10. The molecule has 0 radical (unpaired) electrons. The van der Waals surface area contributed by atoms with E-state index in [4.69, 9.17) is 0 Å².